The highest BCUT2D eigenvalue weighted by Crippen LogP contribution is 2.30. The number of carbonyl (C=O) groups is 3. The summed E-state index contributed by atoms with van der Waals surface area (Å²) in [5.41, 5.74) is 4.94. The molecule has 0 aliphatic heterocycles. The molecule has 0 atom stereocenters. The molecule has 35 heavy (non-hydrogen) atoms. The molecule has 0 fully saturated rings. The lowest BCUT2D eigenvalue weighted by atomic mass is 10.2. The van der Waals surface area contributed by atoms with Gasteiger partial charge in [-0.25, -0.2) is 0 Å². The Morgan fingerprint density at radius 2 is 1.37 bits per heavy atom. The van der Waals surface area contributed by atoms with E-state index in [-0.39, 0.29) is 18.0 Å². The second-order valence-electron chi connectivity index (χ2n) is 7.17. The third-order valence-electron chi connectivity index (χ3n) is 4.45. The van der Waals surface area contributed by atoms with Crippen LogP contribution in [-0.4, -0.2) is 30.9 Å². The molecule has 3 aromatic rings. The molecule has 11 heteroatoms. The van der Waals surface area contributed by atoms with Crippen LogP contribution in [0.2, 0.25) is 0 Å². The van der Waals surface area contributed by atoms with E-state index in [2.05, 4.69) is 10.6 Å². The first-order valence-corrected chi connectivity index (χ1v) is 10.1. The first-order chi connectivity index (χ1) is 16.6. The minimum atomic E-state index is -4.52. The zero-order valence-electron chi connectivity index (χ0n) is 18.1. The number of carbonyl (C=O) groups excluding carboxylic acids is 3. The van der Waals surface area contributed by atoms with Crippen molar-refractivity contribution < 1.29 is 37.0 Å². The molecule has 182 valence electrons. The lowest BCUT2D eigenvalue weighted by Crippen LogP contribution is -2.20. The summed E-state index contributed by atoms with van der Waals surface area (Å²) in [6.07, 6.45) is -4.52. The number of benzene rings is 3. The highest BCUT2D eigenvalue weighted by molar-refractivity contribution is 6.04. The van der Waals surface area contributed by atoms with E-state index in [4.69, 9.17) is 15.2 Å². The Hall–Kier alpha value is -4.54. The van der Waals surface area contributed by atoms with Crippen LogP contribution in [0.4, 0.5) is 24.5 Å². The van der Waals surface area contributed by atoms with Gasteiger partial charge in [-0.05, 0) is 66.7 Å². The summed E-state index contributed by atoms with van der Waals surface area (Å²) < 4.78 is 48.8. The maximum atomic E-state index is 12.8. The first kappa shape index (κ1) is 25.1. The second-order valence-corrected chi connectivity index (χ2v) is 7.17. The van der Waals surface area contributed by atoms with Crippen molar-refractivity contribution in [3.05, 3.63) is 83.9 Å². The van der Waals surface area contributed by atoms with E-state index in [0.717, 1.165) is 12.1 Å². The summed E-state index contributed by atoms with van der Waals surface area (Å²) in [5, 5.41) is 5.03. The molecule has 0 bridgehead atoms. The highest BCUT2D eigenvalue weighted by atomic mass is 19.4. The van der Waals surface area contributed by atoms with Crippen molar-refractivity contribution in [2.75, 3.05) is 23.8 Å². The summed E-state index contributed by atoms with van der Waals surface area (Å²) in [5.74, 6) is -0.942. The fraction of sp³-hybridized carbons (Fsp3) is 0.125. The Kier molecular flexibility index (Phi) is 7.92. The van der Waals surface area contributed by atoms with Crippen LogP contribution in [-0.2, 0) is 15.8 Å². The lowest BCUT2D eigenvalue weighted by molar-refractivity contribution is -0.137. The number of amides is 3. The van der Waals surface area contributed by atoms with Gasteiger partial charge in [0.15, 0.2) is 13.2 Å². The molecule has 0 unspecified atom stereocenters. The van der Waals surface area contributed by atoms with Crippen molar-refractivity contribution in [1.82, 2.24) is 0 Å². The van der Waals surface area contributed by atoms with Crippen molar-refractivity contribution in [2.45, 2.75) is 6.18 Å². The number of nitrogens with one attached hydrogen (secondary N) is 2. The van der Waals surface area contributed by atoms with Crippen molar-refractivity contribution in [3.8, 4) is 11.5 Å². The third kappa shape index (κ3) is 7.77. The van der Waals surface area contributed by atoms with Gasteiger partial charge < -0.3 is 25.8 Å². The molecule has 3 amide bonds. The average Bonchev–Trinajstić information content (AvgIpc) is 2.82. The normalized spacial score (nSPS) is 10.8. The fourth-order valence-electron chi connectivity index (χ4n) is 2.81. The monoisotopic (exact) mass is 487 g/mol. The topological polar surface area (TPSA) is 120 Å². The minimum Gasteiger partial charge on any atom is -0.484 e. The number of hydrogen-bond acceptors (Lipinski definition) is 5. The van der Waals surface area contributed by atoms with Gasteiger partial charge in [0.25, 0.3) is 17.7 Å². The van der Waals surface area contributed by atoms with Crippen molar-refractivity contribution in [2.24, 2.45) is 5.73 Å². The van der Waals surface area contributed by atoms with Gasteiger partial charge in [-0.2, -0.15) is 13.2 Å². The van der Waals surface area contributed by atoms with E-state index in [9.17, 15) is 27.6 Å². The van der Waals surface area contributed by atoms with Crippen molar-refractivity contribution >= 4 is 29.1 Å². The number of nitrogens with two attached hydrogens (primary N) is 1. The van der Waals surface area contributed by atoms with Crippen LogP contribution >= 0.6 is 0 Å². The van der Waals surface area contributed by atoms with Crippen LogP contribution in [0.5, 0.6) is 11.5 Å². The van der Waals surface area contributed by atoms with Crippen LogP contribution in [0.3, 0.4) is 0 Å². The smallest absolute Gasteiger partial charge is 0.416 e. The van der Waals surface area contributed by atoms with Gasteiger partial charge in [0.1, 0.15) is 11.5 Å². The van der Waals surface area contributed by atoms with Gasteiger partial charge in [0, 0.05) is 16.9 Å². The van der Waals surface area contributed by atoms with Crippen LogP contribution in [0.15, 0.2) is 72.8 Å². The molecule has 3 rings (SSSR count). The van der Waals surface area contributed by atoms with E-state index >= 15 is 0 Å². The highest BCUT2D eigenvalue weighted by Gasteiger charge is 2.30. The van der Waals surface area contributed by atoms with Gasteiger partial charge >= 0.3 is 6.18 Å². The summed E-state index contributed by atoms with van der Waals surface area (Å²) in [7, 11) is 0. The largest absolute Gasteiger partial charge is 0.484 e. The summed E-state index contributed by atoms with van der Waals surface area (Å²) in [6, 6.07) is 16.5. The quantitative estimate of drug-likeness (QED) is 0.424. The molecule has 0 aliphatic rings. The van der Waals surface area contributed by atoms with Gasteiger partial charge in [-0.1, -0.05) is 6.07 Å². The van der Waals surface area contributed by atoms with Gasteiger partial charge in [0.05, 0.1) is 5.56 Å². The molecule has 0 saturated carbocycles. The van der Waals surface area contributed by atoms with Gasteiger partial charge in [-0.3, -0.25) is 14.4 Å². The van der Waals surface area contributed by atoms with Crippen LogP contribution in [0.1, 0.15) is 15.9 Å². The number of anilines is 2. The minimum absolute atomic E-state index is 0.00657. The van der Waals surface area contributed by atoms with E-state index < -0.39 is 36.1 Å². The first-order valence-electron chi connectivity index (χ1n) is 10.1. The SMILES string of the molecule is NC(=O)COc1ccc(NC(=O)c2ccc(OCC(=O)Nc3cccc(C(F)(F)F)c3)cc2)cc1. The second kappa shape index (κ2) is 11.1. The number of primary amides is 1. The summed E-state index contributed by atoms with van der Waals surface area (Å²) >= 11 is 0. The molecule has 0 spiro atoms. The molecule has 0 saturated heterocycles. The average molecular weight is 487 g/mol. The molecule has 4 N–H and O–H groups in total. The zero-order valence-corrected chi connectivity index (χ0v) is 18.1. The van der Waals surface area contributed by atoms with E-state index in [1.165, 1.54) is 36.4 Å². The Morgan fingerprint density at radius 3 is 1.97 bits per heavy atom. The van der Waals surface area contributed by atoms with Gasteiger partial charge in [0.2, 0.25) is 0 Å². The molecular formula is C24H20F3N3O5. The van der Waals surface area contributed by atoms with Crippen molar-refractivity contribution in [3.63, 3.8) is 0 Å². The zero-order chi connectivity index (χ0) is 25.4. The van der Waals surface area contributed by atoms with Gasteiger partial charge in [-0.15, -0.1) is 0 Å². The maximum Gasteiger partial charge on any atom is 0.416 e. The van der Waals surface area contributed by atoms with Crippen molar-refractivity contribution in [1.29, 1.82) is 0 Å². The van der Waals surface area contributed by atoms with Crippen LogP contribution in [0, 0.1) is 0 Å². The Labute approximate surface area is 197 Å². The van der Waals surface area contributed by atoms with E-state index in [1.54, 1.807) is 24.3 Å². The fourth-order valence-corrected chi connectivity index (χ4v) is 2.81. The standard InChI is InChI=1S/C24H20F3N3O5/c25-24(26,27)16-2-1-3-18(12-16)29-22(32)14-35-19-8-4-15(5-9-19)23(33)30-17-6-10-20(11-7-17)34-13-21(28)31/h1-12H,13-14H2,(H2,28,31)(H,29,32)(H,30,33). The number of alkyl halides is 3. The molecule has 3 aromatic carbocycles. The summed E-state index contributed by atoms with van der Waals surface area (Å²) in [6.45, 7) is -0.695. The number of halogens is 3. The number of rotatable bonds is 9. The van der Waals surface area contributed by atoms with Crippen LogP contribution < -0.4 is 25.8 Å². The predicted molar refractivity (Wildman–Crippen MR) is 121 cm³/mol. The van der Waals surface area contributed by atoms with E-state index in [1.807, 2.05) is 0 Å². The van der Waals surface area contributed by atoms with E-state index in [0.29, 0.717) is 17.0 Å². The summed E-state index contributed by atoms with van der Waals surface area (Å²) in [4.78, 5) is 35.1. The predicted octanol–water partition coefficient (Wildman–Crippen LogP) is 3.84. The Morgan fingerprint density at radius 1 is 0.771 bits per heavy atom. The molecule has 8 nitrogen and oxygen atoms in total. The van der Waals surface area contributed by atoms with Crippen LogP contribution in [0.25, 0.3) is 0 Å². The third-order valence-corrected chi connectivity index (χ3v) is 4.45. The lowest BCUT2D eigenvalue weighted by Gasteiger charge is -2.11. The molecule has 0 aromatic heterocycles. The molecule has 0 heterocycles. The maximum absolute atomic E-state index is 12.8. The number of ether oxygens (including phenoxy) is 2. The molecule has 0 radical (unpaired) electrons. The molecule has 0 aliphatic carbocycles. The Balaban J connectivity index is 1.49. The number of hydrogen-bond donors (Lipinski definition) is 3. The molecular weight excluding hydrogens is 467 g/mol. The Bertz CT molecular complexity index is 1200.